The lowest BCUT2D eigenvalue weighted by Gasteiger charge is -2.26. The molecule has 1 aliphatic carbocycles. The van der Waals surface area contributed by atoms with Crippen molar-refractivity contribution in [3.05, 3.63) is 105 Å². The van der Waals surface area contributed by atoms with Crippen LogP contribution in [0.3, 0.4) is 0 Å². The van der Waals surface area contributed by atoms with E-state index < -0.39 is 11.6 Å². The van der Waals surface area contributed by atoms with Crippen molar-refractivity contribution in [1.29, 1.82) is 0 Å². The van der Waals surface area contributed by atoms with E-state index in [1.807, 2.05) is 49.4 Å². The first-order chi connectivity index (χ1) is 16.4. The molecule has 172 valence electrons. The van der Waals surface area contributed by atoms with E-state index in [0.29, 0.717) is 17.9 Å². The highest BCUT2D eigenvalue weighted by molar-refractivity contribution is 5.51. The third-order valence-corrected chi connectivity index (χ3v) is 6.74. The van der Waals surface area contributed by atoms with Crippen molar-refractivity contribution in [1.82, 2.24) is 0 Å². The molecule has 0 nitrogen and oxygen atoms in total. The summed E-state index contributed by atoms with van der Waals surface area (Å²) >= 11 is 0. The van der Waals surface area contributed by atoms with E-state index in [2.05, 4.69) is 37.5 Å². The molecule has 0 unspecified atom stereocenters. The normalized spacial score (nSPS) is 17.3. The third-order valence-electron chi connectivity index (χ3n) is 6.74. The van der Waals surface area contributed by atoms with Crippen molar-refractivity contribution in [3.63, 3.8) is 0 Å². The van der Waals surface area contributed by atoms with Crippen LogP contribution in [0.4, 0.5) is 8.78 Å². The summed E-state index contributed by atoms with van der Waals surface area (Å²) < 4.78 is 29.4. The summed E-state index contributed by atoms with van der Waals surface area (Å²) in [6.45, 7) is 6.29. The molecule has 0 bridgehead atoms. The van der Waals surface area contributed by atoms with E-state index in [4.69, 9.17) is 0 Å². The molecule has 4 rings (SSSR count). The highest BCUT2D eigenvalue weighted by Gasteiger charge is 2.21. The second-order valence-corrected chi connectivity index (χ2v) is 9.64. The average Bonchev–Trinajstić information content (AvgIpc) is 2.82. The number of hydrogen-bond acceptors (Lipinski definition) is 0. The minimum Gasteiger partial charge on any atom is -0.207 e. The molecule has 0 heterocycles. The highest BCUT2D eigenvalue weighted by atomic mass is 19.1. The van der Waals surface area contributed by atoms with Gasteiger partial charge in [0.1, 0.15) is 11.6 Å². The molecule has 0 atom stereocenters. The minimum absolute atomic E-state index is 0.206. The predicted octanol–water partition coefficient (Wildman–Crippen LogP) is 7.75. The summed E-state index contributed by atoms with van der Waals surface area (Å²) in [5, 5.41) is 0. The number of halogens is 2. The molecule has 2 heteroatoms. The Morgan fingerprint density at radius 3 is 1.94 bits per heavy atom. The van der Waals surface area contributed by atoms with Crippen molar-refractivity contribution in [3.8, 4) is 23.7 Å². The van der Waals surface area contributed by atoms with Crippen molar-refractivity contribution in [2.24, 2.45) is 11.8 Å². The van der Waals surface area contributed by atoms with Gasteiger partial charge in [0.05, 0.1) is 0 Å². The van der Waals surface area contributed by atoms with E-state index in [-0.39, 0.29) is 5.56 Å². The summed E-state index contributed by atoms with van der Waals surface area (Å²) in [5.74, 6) is 12.5. The van der Waals surface area contributed by atoms with Gasteiger partial charge in [0.15, 0.2) is 0 Å². The van der Waals surface area contributed by atoms with Crippen LogP contribution in [0, 0.1) is 61.0 Å². The molecule has 3 aromatic rings. The quantitative estimate of drug-likeness (QED) is 0.349. The van der Waals surface area contributed by atoms with Gasteiger partial charge in [0.25, 0.3) is 0 Å². The van der Waals surface area contributed by atoms with Gasteiger partial charge in [-0.15, -0.1) is 0 Å². The van der Waals surface area contributed by atoms with Gasteiger partial charge in [-0.05, 0) is 93.0 Å². The Morgan fingerprint density at radius 1 is 0.706 bits per heavy atom. The fourth-order valence-electron chi connectivity index (χ4n) is 4.49. The molecule has 34 heavy (non-hydrogen) atoms. The molecule has 1 fully saturated rings. The summed E-state index contributed by atoms with van der Waals surface area (Å²) in [5.41, 5.74) is 5.48. The highest BCUT2D eigenvalue weighted by Crippen LogP contribution is 2.32. The fraction of sp³-hybridized carbons (Fsp3) is 0.312. The molecule has 1 saturated carbocycles. The maximum atomic E-state index is 14.7. The van der Waals surface area contributed by atoms with Gasteiger partial charge in [0.2, 0.25) is 0 Å². The Bertz CT molecular complexity index is 1260. The Hall–Kier alpha value is -3.36. The second kappa shape index (κ2) is 10.7. The number of hydrogen-bond donors (Lipinski definition) is 0. The summed E-state index contributed by atoms with van der Waals surface area (Å²) in [6.07, 6.45) is 4.86. The van der Waals surface area contributed by atoms with Gasteiger partial charge < -0.3 is 0 Å². The Morgan fingerprint density at radius 2 is 1.29 bits per heavy atom. The van der Waals surface area contributed by atoms with Crippen molar-refractivity contribution < 1.29 is 8.78 Å². The Labute approximate surface area is 202 Å². The first-order valence-corrected chi connectivity index (χ1v) is 12.1. The molecule has 0 radical (unpaired) electrons. The van der Waals surface area contributed by atoms with Crippen LogP contribution in [0.1, 0.15) is 71.6 Å². The SMILES string of the molecule is Cc1ccc(C#Cc2ccc(C#Cc3cc(F)c(CC4CCC(C)CC4)c(F)c3)cc2C)cc1. The topological polar surface area (TPSA) is 0 Å². The van der Waals surface area contributed by atoms with Crippen molar-refractivity contribution in [2.45, 2.75) is 52.9 Å². The molecular formula is C32H30F2. The van der Waals surface area contributed by atoms with Gasteiger partial charge in [-0.1, -0.05) is 61.1 Å². The molecular weight excluding hydrogens is 422 g/mol. The number of benzene rings is 3. The lowest BCUT2D eigenvalue weighted by Crippen LogP contribution is -2.15. The van der Waals surface area contributed by atoms with Gasteiger partial charge in [0, 0.05) is 27.8 Å². The predicted molar refractivity (Wildman–Crippen MR) is 136 cm³/mol. The molecule has 3 aromatic carbocycles. The zero-order valence-electron chi connectivity index (χ0n) is 20.1. The Kier molecular flexibility index (Phi) is 7.49. The smallest absolute Gasteiger partial charge is 0.130 e. The fourth-order valence-corrected chi connectivity index (χ4v) is 4.49. The Balaban J connectivity index is 1.47. The molecule has 0 N–H and O–H groups in total. The van der Waals surface area contributed by atoms with Crippen molar-refractivity contribution >= 4 is 0 Å². The van der Waals surface area contributed by atoms with E-state index in [1.54, 1.807) is 0 Å². The average molecular weight is 453 g/mol. The van der Waals surface area contributed by atoms with Crippen LogP contribution >= 0.6 is 0 Å². The monoisotopic (exact) mass is 452 g/mol. The molecule has 0 amide bonds. The van der Waals surface area contributed by atoms with Crippen LogP contribution in [0.15, 0.2) is 54.6 Å². The maximum absolute atomic E-state index is 14.7. The van der Waals surface area contributed by atoms with Crippen LogP contribution in [-0.2, 0) is 6.42 Å². The summed E-state index contributed by atoms with van der Waals surface area (Å²) in [4.78, 5) is 0. The number of rotatable bonds is 2. The first-order valence-electron chi connectivity index (χ1n) is 12.1. The molecule has 1 aliphatic rings. The zero-order valence-corrected chi connectivity index (χ0v) is 20.1. The maximum Gasteiger partial charge on any atom is 0.130 e. The van der Waals surface area contributed by atoms with E-state index in [1.165, 1.54) is 17.7 Å². The van der Waals surface area contributed by atoms with Crippen LogP contribution in [0.25, 0.3) is 0 Å². The van der Waals surface area contributed by atoms with E-state index in [9.17, 15) is 8.78 Å². The van der Waals surface area contributed by atoms with Gasteiger partial charge in [-0.25, -0.2) is 8.78 Å². The number of aryl methyl sites for hydroxylation is 2. The summed E-state index contributed by atoms with van der Waals surface area (Å²) in [6, 6.07) is 16.6. The minimum atomic E-state index is -0.485. The van der Waals surface area contributed by atoms with Crippen LogP contribution in [-0.4, -0.2) is 0 Å². The standard InChI is InChI=1S/C32H30F2/c1-22-4-8-25(9-5-22)14-16-29-17-15-26(18-24(29)3)12-13-28-20-31(33)30(32(34)21-28)19-27-10-6-23(2)7-11-27/h4-5,8-9,15,17-18,20-21,23,27H,6-7,10-11,19H2,1-3H3. The van der Waals surface area contributed by atoms with E-state index in [0.717, 1.165) is 53.9 Å². The molecule has 0 saturated heterocycles. The lowest BCUT2D eigenvalue weighted by atomic mass is 9.80. The molecule has 0 spiro atoms. The molecule has 0 aliphatic heterocycles. The summed E-state index contributed by atoms with van der Waals surface area (Å²) in [7, 11) is 0. The third kappa shape index (κ3) is 6.15. The van der Waals surface area contributed by atoms with Gasteiger partial charge in [-0.2, -0.15) is 0 Å². The second-order valence-electron chi connectivity index (χ2n) is 9.64. The molecule has 0 aromatic heterocycles. The van der Waals surface area contributed by atoms with Crippen molar-refractivity contribution in [2.75, 3.05) is 0 Å². The largest absolute Gasteiger partial charge is 0.207 e. The lowest BCUT2D eigenvalue weighted by molar-refractivity contribution is 0.285. The first kappa shape index (κ1) is 23.8. The van der Waals surface area contributed by atoms with Crippen LogP contribution < -0.4 is 0 Å². The zero-order chi connectivity index (χ0) is 24.1. The van der Waals surface area contributed by atoms with Crippen LogP contribution in [0.2, 0.25) is 0 Å². The van der Waals surface area contributed by atoms with Gasteiger partial charge in [-0.3, -0.25) is 0 Å². The van der Waals surface area contributed by atoms with Crippen LogP contribution in [0.5, 0.6) is 0 Å². The van der Waals surface area contributed by atoms with Gasteiger partial charge >= 0.3 is 0 Å². The van der Waals surface area contributed by atoms with E-state index >= 15 is 0 Å².